The highest BCUT2D eigenvalue weighted by Crippen LogP contribution is 2.26. The second kappa shape index (κ2) is 7.56. The summed E-state index contributed by atoms with van der Waals surface area (Å²) in [6.07, 6.45) is 4.78. The van der Waals surface area contributed by atoms with Crippen LogP contribution in [0.5, 0.6) is 0 Å². The molecule has 2 aromatic rings. The van der Waals surface area contributed by atoms with Crippen molar-refractivity contribution >= 4 is 11.8 Å². The third-order valence-electron chi connectivity index (χ3n) is 3.23. The third-order valence-corrected chi connectivity index (χ3v) is 3.95. The summed E-state index contributed by atoms with van der Waals surface area (Å²) in [5, 5.41) is 7.56. The Kier molecular flexibility index (Phi) is 5.76. The highest BCUT2D eigenvalue weighted by Gasteiger charge is 2.08. The Morgan fingerprint density at radius 1 is 1.29 bits per heavy atom. The molecule has 1 heterocycles. The molecule has 21 heavy (non-hydrogen) atoms. The number of rotatable bonds is 7. The average molecular weight is 311 g/mol. The van der Waals surface area contributed by atoms with Crippen molar-refractivity contribution in [3.05, 3.63) is 47.8 Å². The zero-order valence-corrected chi connectivity index (χ0v) is 12.9. The molecule has 114 valence electrons. The van der Waals surface area contributed by atoms with Crippen LogP contribution < -0.4 is 5.32 Å². The van der Waals surface area contributed by atoms with Gasteiger partial charge in [0, 0.05) is 24.2 Å². The molecule has 0 aliphatic heterocycles. The molecule has 1 aromatic heterocycles. The van der Waals surface area contributed by atoms with Crippen molar-refractivity contribution in [1.29, 1.82) is 0 Å². The summed E-state index contributed by atoms with van der Waals surface area (Å²) >= 11 is 0.573. The van der Waals surface area contributed by atoms with Gasteiger partial charge in [-0.1, -0.05) is 23.9 Å². The number of hydrogen-bond donors (Lipinski definition) is 1. The highest BCUT2D eigenvalue weighted by atomic mass is 32.2. The third kappa shape index (κ3) is 5.13. The van der Waals surface area contributed by atoms with Crippen molar-refractivity contribution in [2.24, 2.45) is 7.05 Å². The van der Waals surface area contributed by atoms with Gasteiger partial charge in [0.05, 0.1) is 6.20 Å². The number of alkyl halides is 2. The summed E-state index contributed by atoms with van der Waals surface area (Å²) in [6, 6.07) is 7.46. The normalized spacial score (nSPS) is 12.8. The molecule has 0 aliphatic rings. The number of aryl methyl sites for hydroxylation is 1. The van der Waals surface area contributed by atoms with Crippen LogP contribution in [-0.4, -0.2) is 22.1 Å². The van der Waals surface area contributed by atoms with Gasteiger partial charge in [-0.05, 0) is 43.1 Å². The van der Waals surface area contributed by atoms with E-state index in [1.54, 1.807) is 16.8 Å². The molecule has 0 spiro atoms. The van der Waals surface area contributed by atoms with Crippen LogP contribution in [-0.2, 0) is 13.5 Å². The average Bonchev–Trinajstić information content (AvgIpc) is 2.84. The first-order valence-corrected chi connectivity index (χ1v) is 7.68. The predicted octanol–water partition coefficient (Wildman–Crippen LogP) is 3.63. The van der Waals surface area contributed by atoms with Gasteiger partial charge in [-0.3, -0.25) is 4.68 Å². The maximum absolute atomic E-state index is 12.3. The first-order valence-electron chi connectivity index (χ1n) is 6.80. The van der Waals surface area contributed by atoms with Gasteiger partial charge in [0.2, 0.25) is 0 Å². The lowest BCUT2D eigenvalue weighted by Gasteiger charge is -2.14. The lowest BCUT2D eigenvalue weighted by Crippen LogP contribution is -2.21. The van der Waals surface area contributed by atoms with E-state index >= 15 is 0 Å². The molecule has 6 heteroatoms. The van der Waals surface area contributed by atoms with E-state index in [1.165, 1.54) is 5.56 Å². The van der Waals surface area contributed by atoms with Gasteiger partial charge in [-0.2, -0.15) is 13.9 Å². The first kappa shape index (κ1) is 16.0. The van der Waals surface area contributed by atoms with Crippen LogP contribution in [0.4, 0.5) is 8.78 Å². The molecule has 1 aromatic carbocycles. The lowest BCUT2D eigenvalue weighted by atomic mass is 10.1. The standard InChI is InChI=1S/C15H19F2N3S/c1-11(18-8-7-12-9-19-20(2)10-12)13-3-5-14(6-4-13)21-15(16)17/h3-6,9-11,15,18H,7-8H2,1-2H3. The van der Waals surface area contributed by atoms with Crippen molar-refractivity contribution in [3.63, 3.8) is 0 Å². The van der Waals surface area contributed by atoms with Gasteiger partial charge in [-0.25, -0.2) is 0 Å². The van der Waals surface area contributed by atoms with Gasteiger partial charge in [-0.15, -0.1) is 0 Å². The number of benzene rings is 1. The van der Waals surface area contributed by atoms with Gasteiger partial charge in [0.1, 0.15) is 0 Å². The van der Waals surface area contributed by atoms with Gasteiger partial charge in [0.15, 0.2) is 0 Å². The quantitative estimate of drug-likeness (QED) is 0.792. The summed E-state index contributed by atoms with van der Waals surface area (Å²) in [5.41, 5.74) is 2.29. The second-order valence-corrected chi connectivity index (χ2v) is 5.96. The minimum atomic E-state index is -2.37. The molecule has 0 amide bonds. The molecule has 0 radical (unpaired) electrons. The Morgan fingerprint density at radius 3 is 2.57 bits per heavy atom. The summed E-state index contributed by atoms with van der Waals surface area (Å²) in [7, 11) is 1.90. The number of thioether (sulfide) groups is 1. The van der Waals surface area contributed by atoms with Gasteiger partial charge in [0.25, 0.3) is 5.76 Å². The maximum atomic E-state index is 12.3. The second-order valence-electron chi connectivity index (χ2n) is 4.90. The molecular formula is C15H19F2N3S. The SMILES string of the molecule is CC(NCCc1cnn(C)c1)c1ccc(SC(F)F)cc1. The van der Waals surface area contributed by atoms with Crippen LogP contribution in [0.15, 0.2) is 41.6 Å². The summed E-state index contributed by atoms with van der Waals surface area (Å²) in [6.45, 7) is 2.92. The summed E-state index contributed by atoms with van der Waals surface area (Å²) in [5.74, 6) is -2.37. The molecule has 0 bridgehead atoms. The molecule has 2 rings (SSSR count). The van der Waals surface area contributed by atoms with Crippen molar-refractivity contribution in [2.45, 2.75) is 30.0 Å². The van der Waals surface area contributed by atoms with Crippen LogP contribution in [0.2, 0.25) is 0 Å². The van der Waals surface area contributed by atoms with Crippen molar-refractivity contribution in [2.75, 3.05) is 6.54 Å². The molecular weight excluding hydrogens is 292 g/mol. The van der Waals surface area contributed by atoms with Crippen LogP contribution in [0.25, 0.3) is 0 Å². The smallest absolute Gasteiger partial charge is 0.288 e. The van der Waals surface area contributed by atoms with Crippen LogP contribution in [0, 0.1) is 0 Å². The Balaban J connectivity index is 1.81. The van der Waals surface area contributed by atoms with E-state index in [9.17, 15) is 8.78 Å². The molecule has 1 atom stereocenters. The largest absolute Gasteiger partial charge is 0.310 e. The van der Waals surface area contributed by atoms with Crippen LogP contribution in [0.3, 0.4) is 0 Å². The van der Waals surface area contributed by atoms with Gasteiger partial charge < -0.3 is 5.32 Å². The Hall–Kier alpha value is -1.40. The highest BCUT2D eigenvalue weighted by molar-refractivity contribution is 7.99. The van der Waals surface area contributed by atoms with E-state index in [-0.39, 0.29) is 6.04 Å². The van der Waals surface area contributed by atoms with E-state index in [0.717, 1.165) is 18.5 Å². The first-order chi connectivity index (χ1) is 10.0. The van der Waals surface area contributed by atoms with E-state index in [0.29, 0.717) is 16.7 Å². The molecule has 3 nitrogen and oxygen atoms in total. The summed E-state index contributed by atoms with van der Waals surface area (Å²) < 4.78 is 26.3. The fourth-order valence-electron chi connectivity index (χ4n) is 2.09. The van der Waals surface area contributed by atoms with Crippen molar-refractivity contribution in [1.82, 2.24) is 15.1 Å². The summed E-state index contributed by atoms with van der Waals surface area (Å²) in [4.78, 5) is 0.594. The molecule has 1 N–H and O–H groups in total. The topological polar surface area (TPSA) is 29.9 Å². The van der Waals surface area contributed by atoms with E-state index in [1.807, 2.05) is 31.6 Å². The van der Waals surface area contributed by atoms with Crippen LogP contribution >= 0.6 is 11.8 Å². The Bertz CT molecular complexity index is 554. The monoisotopic (exact) mass is 311 g/mol. The van der Waals surface area contributed by atoms with Crippen molar-refractivity contribution < 1.29 is 8.78 Å². The zero-order chi connectivity index (χ0) is 15.2. The Labute approximate surface area is 127 Å². The molecule has 0 saturated heterocycles. The van der Waals surface area contributed by atoms with E-state index in [4.69, 9.17) is 0 Å². The Morgan fingerprint density at radius 2 is 2.00 bits per heavy atom. The predicted molar refractivity (Wildman–Crippen MR) is 81.6 cm³/mol. The van der Waals surface area contributed by atoms with Gasteiger partial charge >= 0.3 is 0 Å². The molecule has 0 fully saturated rings. The van der Waals surface area contributed by atoms with E-state index < -0.39 is 5.76 Å². The number of nitrogens with one attached hydrogen (secondary N) is 1. The fraction of sp³-hybridized carbons (Fsp3) is 0.400. The number of aromatic nitrogens is 2. The fourth-order valence-corrected chi connectivity index (χ4v) is 2.59. The number of nitrogens with zero attached hydrogens (tertiary/aromatic N) is 2. The number of hydrogen-bond acceptors (Lipinski definition) is 3. The molecule has 1 unspecified atom stereocenters. The zero-order valence-electron chi connectivity index (χ0n) is 12.1. The molecule has 0 saturated carbocycles. The molecule has 0 aliphatic carbocycles. The van der Waals surface area contributed by atoms with Crippen molar-refractivity contribution in [3.8, 4) is 0 Å². The van der Waals surface area contributed by atoms with Crippen LogP contribution in [0.1, 0.15) is 24.1 Å². The number of halogens is 2. The maximum Gasteiger partial charge on any atom is 0.288 e. The lowest BCUT2D eigenvalue weighted by molar-refractivity contribution is 0.252. The minimum Gasteiger partial charge on any atom is -0.310 e. The van der Waals surface area contributed by atoms with E-state index in [2.05, 4.69) is 17.3 Å². The minimum absolute atomic E-state index is 0.187.